The average Bonchev–Trinajstić information content (AvgIpc) is 2.48. The molecule has 0 atom stereocenters. The van der Waals surface area contributed by atoms with Crippen LogP contribution in [-0.2, 0) is 0 Å². The molecule has 1 nitrogen and oxygen atoms in total. The summed E-state index contributed by atoms with van der Waals surface area (Å²) < 4.78 is 12.7. The van der Waals surface area contributed by atoms with Crippen molar-refractivity contribution in [1.29, 1.82) is 0 Å². The van der Waals surface area contributed by atoms with Crippen molar-refractivity contribution < 1.29 is 4.39 Å². The first-order valence-corrected chi connectivity index (χ1v) is 7.91. The van der Waals surface area contributed by atoms with Crippen molar-refractivity contribution in [2.45, 2.75) is 58.3 Å². The average molecular weight is 273 g/mol. The van der Waals surface area contributed by atoms with Gasteiger partial charge in [0, 0.05) is 17.7 Å². The van der Waals surface area contributed by atoms with Crippen molar-refractivity contribution in [1.82, 2.24) is 4.98 Å². The smallest absolute Gasteiger partial charge is 0.212 e. The third-order valence-corrected chi connectivity index (χ3v) is 4.21. The van der Waals surface area contributed by atoms with E-state index in [0.717, 1.165) is 11.5 Å². The summed E-state index contributed by atoms with van der Waals surface area (Å²) in [5.74, 6) is 7.46. The Hall–Kier alpha value is -1.36. The summed E-state index contributed by atoms with van der Waals surface area (Å²) in [6.45, 7) is 2.26. The van der Waals surface area contributed by atoms with Gasteiger partial charge in [-0.05, 0) is 43.7 Å². The second-order valence-corrected chi connectivity index (χ2v) is 5.85. The van der Waals surface area contributed by atoms with E-state index in [-0.39, 0.29) is 0 Å². The summed E-state index contributed by atoms with van der Waals surface area (Å²) in [5, 5.41) is 0. The second kappa shape index (κ2) is 8.04. The third-order valence-electron chi connectivity index (χ3n) is 4.21. The van der Waals surface area contributed by atoms with Gasteiger partial charge in [-0.15, -0.1) is 0 Å². The van der Waals surface area contributed by atoms with Gasteiger partial charge in [0.25, 0.3) is 0 Å². The van der Waals surface area contributed by atoms with Crippen molar-refractivity contribution in [3.63, 3.8) is 0 Å². The summed E-state index contributed by atoms with van der Waals surface area (Å²) in [5.41, 5.74) is 0.816. The minimum absolute atomic E-state index is 0.442. The minimum atomic E-state index is -0.442. The molecule has 1 aromatic rings. The highest BCUT2D eigenvalue weighted by Crippen LogP contribution is 2.31. The lowest BCUT2D eigenvalue weighted by atomic mass is 9.80. The highest BCUT2D eigenvalue weighted by Gasteiger charge is 2.19. The molecule has 1 aliphatic rings. The Morgan fingerprint density at radius 2 is 2.00 bits per heavy atom. The lowest BCUT2D eigenvalue weighted by molar-refractivity contribution is 0.294. The van der Waals surface area contributed by atoms with Gasteiger partial charge in [-0.2, -0.15) is 4.39 Å². The molecule has 0 spiro atoms. The molecule has 0 amide bonds. The number of unbranched alkanes of at least 4 members (excludes halogenated alkanes) is 2. The van der Waals surface area contributed by atoms with E-state index in [1.54, 1.807) is 6.07 Å². The molecule has 20 heavy (non-hydrogen) atoms. The Balaban J connectivity index is 1.76. The van der Waals surface area contributed by atoms with E-state index in [4.69, 9.17) is 0 Å². The molecule has 1 heterocycles. The van der Waals surface area contributed by atoms with Crippen LogP contribution < -0.4 is 0 Å². The molecule has 1 fully saturated rings. The number of pyridine rings is 1. The van der Waals surface area contributed by atoms with Crippen LogP contribution in [0.1, 0.15) is 63.9 Å². The zero-order valence-corrected chi connectivity index (χ0v) is 12.4. The maximum absolute atomic E-state index is 12.7. The topological polar surface area (TPSA) is 12.9 Å². The first-order chi connectivity index (χ1) is 9.78. The van der Waals surface area contributed by atoms with Gasteiger partial charge in [-0.1, -0.05) is 44.4 Å². The van der Waals surface area contributed by atoms with Gasteiger partial charge in [0.15, 0.2) is 0 Å². The Morgan fingerprint density at radius 3 is 2.65 bits per heavy atom. The largest absolute Gasteiger partial charge is 0.227 e. The first kappa shape index (κ1) is 15.0. The fraction of sp³-hybridized carbons (Fsp3) is 0.611. The zero-order chi connectivity index (χ0) is 14.2. The van der Waals surface area contributed by atoms with Crippen molar-refractivity contribution >= 4 is 0 Å². The Labute approximate surface area is 122 Å². The molecule has 0 bridgehead atoms. The van der Waals surface area contributed by atoms with Crippen LogP contribution in [0.3, 0.4) is 0 Å². The maximum atomic E-state index is 12.7. The number of hydrogen-bond donors (Lipinski definition) is 0. The van der Waals surface area contributed by atoms with Gasteiger partial charge in [0.2, 0.25) is 5.95 Å². The Morgan fingerprint density at radius 1 is 1.20 bits per heavy atom. The lowest BCUT2D eigenvalue weighted by Crippen LogP contribution is -2.13. The molecule has 0 saturated heterocycles. The standard InChI is InChI=1S/C18H24FN/c1-2-3-4-5-15-6-8-16(9-7-15)10-11-17-12-13-18(19)20-14-17/h12-16H,2-9H2,1H3. The molecule has 2 rings (SSSR count). The first-order valence-electron chi connectivity index (χ1n) is 7.91. The number of halogens is 1. The third kappa shape index (κ3) is 4.96. The van der Waals surface area contributed by atoms with Crippen molar-refractivity contribution in [3.05, 3.63) is 29.8 Å². The van der Waals surface area contributed by atoms with Crippen LogP contribution in [0.5, 0.6) is 0 Å². The molecule has 0 radical (unpaired) electrons. The van der Waals surface area contributed by atoms with Crippen molar-refractivity contribution in [3.8, 4) is 11.8 Å². The summed E-state index contributed by atoms with van der Waals surface area (Å²) in [7, 11) is 0. The van der Waals surface area contributed by atoms with Crippen LogP contribution in [0, 0.1) is 29.6 Å². The molecule has 0 aromatic carbocycles. The quantitative estimate of drug-likeness (QED) is 0.429. The van der Waals surface area contributed by atoms with Crippen LogP contribution in [0.25, 0.3) is 0 Å². The molecule has 2 heteroatoms. The number of aromatic nitrogens is 1. The molecule has 1 aliphatic carbocycles. The van der Waals surface area contributed by atoms with E-state index in [1.807, 2.05) is 0 Å². The van der Waals surface area contributed by atoms with Gasteiger partial charge in [0.05, 0.1) is 0 Å². The van der Waals surface area contributed by atoms with Crippen molar-refractivity contribution in [2.75, 3.05) is 0 Å². The summed E-state index contributed by atoms with van der Waals surface area (Å²) in [6, 6.07) is 3.07. The fourth-order valence-corrected chi connectivity index (χ4v) is 2.91. The second-order valence-electron chi connectivity index (χ2n) is 5.85. The van der Waals surface area contributed by atoms with Gasteiger partial charge in [0.1, 0.15) is 0 Å². The van der Waals surface area contributed by atoms with Crippen molar-refractivity contribution in [2.24, 2.45) is 11.8 Å². The van der Waals surface area contributed by atoms with E-state index in [1.165, 1.54) is 63.6 Å². The molecule has 1 aromatic heterocycles. The highest BCUT2D eigenvalue weighted by atomic mass is 19.1. The van der Waals surface area contributed by atoms with E-state index < -0.39 is 5.95 Å². The SMILES string of the molecule is CCCCCC1CCC(C#Cc2ccc(F)nc2)CC1. The number of rotatable bonds is 4. The highest BCUT2D eigenvalue weighted by molar-refractivity contribution is 5.31. The van der Waals surface area contributed by atoms with Gasteiger partial charge < -0.3 is 0 Å². The molecular formula is C18H24FN. The summed E-state index contributed by atoms with van der Waals surface area (Å²) >= 11 is 0. The van der Waals surface area contributed by atoms with Crippen LogP contribution in [0.2, 0.25) is 0 Å². The van der Waals surface area contributed by atoms with E-state index in [9.17, 15) is 4.39 Å². The summed E-state index contributed by atoms with van der Waals surface area (Å²) in [6.07, 6.45) is 12.1. The van der Waals surface area contributed by atoms with E-state index in [0.29, 0.717) is 5.92 Å². The normalized spacial score (nSPS) is 22.1. The lowest BCUT2D eigenvalue weighted by Gasteiger charge is -2.25. The zero-order valence-electron chi connectivity index (χ0n) is 12.4. The Bertz CT molecular complexity index is 447. The van der Waals surface area contributed by atoms with Crippen LogP contribution in [0.4, 0.5) is 4.39 Å². The fourth-order valence-electron chi connectivity index (χ4n) is 2.91. The van der Waals surface area contributed by atoms with Gasteiger partial charge in [-0.25, -0.2) is 4.98 Å². The molecule has 108 valence electrons. The number of nitrogens with zero attached hydrogens (tertiary/aromatic N) is 1. The van der Waals surface area contributed by atoms with E-state index in [2.05, 4.69) is 23.7 Å². The number of hydrogen-bond acceptors (Lipinski definition) is 1. The van der Waals surface area contributed by atoms with Crippen LogP contribution >= 0.6 is 0 Å². The summed E-state index contributed by atoms with van der Waals surface area (Å²) in [4.78, 5) is 3.63. The monoisotopic (exact) mass is 273 g/mol. The molecule has 0 aliphatic heterocycles. The van der Waals surface area contributed by atoms with Gasteiger partial charge >= 0.3 is 0 Å². The van der Waals surface area contributed by atoms with Gasteiger partial charge in [-0.3, -0.25) is 0 Å². The van der Waals surface area contributed by atoms with Crippen LogP contribution in [0.15, 0.2) is 18.3 Å². The van der Waals surface area contributed by atoms with Crippen LogP contribution in [-0.4, -0.2) is 4.98 Å². The Kier molecular flexibility index (Phi) is 6.05. The molecule has 0 N–H and O–H groups in total. The predicted octanol–water partition coefficient (Wildman–Crippen LogP) is 4.96. The predicted molar refractivity (Wildman–Crippen MR) is 80.7 cm³/mol. The maximum Gasteiger partial charge on any atom is 0.212 e. The minimum Gasteiger partial charge on any atom is -0.227 e. The molecule has 0 unspecified atom stereocenters. The molecule has 1 saturated carbocycles. The molecular weight excluding hydrogens is 249 g/mol. The van der Waals surface area contributed by atoms with E-state index >= 15 is 0 Å².